The van der Waals surface area contributed by atoms with E-state index in [-0.39, 0.29) is 30.5 Å². The van der Waals surface area contributed by atoms with E-state index in [0.717, 1.165) is 36.7 Å². The molecule has 32 heavy (non-hydrogen) atoms. The van der Waals surface area contributed by atoms with Gasteiger partial charge < -0.3 is 20.6 Å². The molecule has 2 heterocycles. The first-order chi connectivity index (χ1) is 15.4. The van der Waals surface area contributed by atoms with E-state index < -0.39 is 35.6 Å². The molecule has 2 saturated heterocycles. The third-order valence-electron chi connectivity index (χ3n) is 6.20. The van der Waals surface area contributed by atoms with Gasteiger partial charge >= 0.3 is 0 Å². The molecule has 0 aliphatic carbocycles. The van der Waals surface area contributed by atoms with Gasteiger partial charge in [0.25, 0.3) is 0 Å². The summed E-state index contributed by atoms with van der Waals surface area (Å²) in [5.74, 6) is -2.70. The van der Waals surface area contributed by atoms with E-state index >= 15 is 0 Å². The van der Waals surface area contributed by atoms with Crippen molar-refractivity contribution in [1.29, 1.82) is 0 Å². The summed E-state index contributed by atoms with van der Waals surface area (Å²) in [7, 11) is 0. The number of aliphatic hydroxyl groups is 1. The lowest BCUT2D eigenvalue weighted by atomic mass is 9.94. The Bertz CT molecular complexity index is 946. The predicted molar refractivity (Wildman–Crippen MR) is 114 cm³/mol. The Kier molecular flexibility index (Phi) is 6.81. The third kappa shape index (κ3) is 5.14. The minimum Gasteiger partial charge on any atom is -0.389 e. The maximum atomic E-state index is 13.9. The zero-order valence-electron chi connectivity index (χ0n) is 17.6. The molecule has 2 aromatic rings. The molecule has 0 saturated carbocycles. The Morgan fingerprint density at radius 3 is 2.56 bits per heavy atom. The van der Waals surface area contributed by atoms with Gasteiger partial charge in [0.15, 0.2) is 0 Å². The maximum Gasteiger partial charge on any atom is 0.225 e. The van der Waals surface area contributed by atoms with E-state index in [1.54, 1.807) is 4.90 Å². The number of hydrogen-bond donors (Lipinski definition) is 3. The van der Waals surface area contributed by atoms with Crippen LogP contribution in [0.3, 0.4) is 0 Å². The lowest BCUT2D eigenvalue weighted by molar-refractivity contribution is -0.129. The van der Waals surface area contributed by atoms with Crippen molar-refractivity contribution in [2.24, 2.45) is 5.92 Å². The van der Waals surface area contributed by atoms with E-state index in [2.05, 4.69) is 10.6 Å². The fourth-order valence-electron chi connectivity index (χ4n) is 4.53. The van der Waals surface area contributed by atoms with Crippen molar-refractivity contribution < 1.29 is 23.5 Å². The monoisotopic (exact) mass is 443 g/mol. The third-order valence-corrected chi connectivity index (χ3v) is 6.20. The zero-order valence-corrected chi connectivity index (χ0v) is 17.6. The largest absolute Gasteiger partial charge is 0.389 e. The Hall–Kier alpha value is -2.84. The molecule has 2 fully saturated rings. The van der Waals surface area contributed by atoms with E-state index in [9.17, 15) is 23.5 Å². The molecule has 4 atom stereocenters. The average Bonchev–Trinajstić information content (AvgIpc) is 3.42. The van der Waals surface area contributed by atoms with Crippen LogP contribution in [0.4, 0.5) is 8.78 Å². The summed E-state index contributed by atoms with van der Waals surface area (Å²) < 4.78 is 27.8. The number of rotatable bonds is 7. The highest BCUT2D eigenvalue weighted by Crippen LogP contribution is 2.27. The molecule has 8 heteroatoms. The second-order valence-corrected chi connectivity index (χ2v) is 8.54. The van der Waals surface area contributed by atoms with Gasteiger partial charge in [-0.05, 0) is 42.6 Å². The van der Waals surface area contributed by atoms with Crippen molar-refractivity contribution >= 4 is 11.8 Å². The summed E-state index contributed by atoms with van der Waals surface area (Å²) in [5.41, 5.74) is 1.13. The smallest absolute Gasteiger partial charge is 0.225 e. The van der Waals surface area contributed by atoms with Gasteiger partial charge in [0.1, 0.15) is 11.6 Å². The fourth-order valence-corrected chi connectivity index (χ4v) is 4.53. The van der Waals surface area contributed by atoms with Crippen molar-refractivity contribution in [2.45, 2.75) is 44.0 Å². The number of halogens is 2. The highest BCUT2D eigenvalue weighted by atomic mass is 19.1. The molecule has 0 spiro atoms. The van der Waals surface area contributed by atoms with Crippen LogP contribution in [-0.2, 0) is 16.1 Å². The maximum absolute atomic E-state index is 13.9. The van der Waals surface area contributed by atoms with Crippen LogP contribution in [0.15, 0.2) is 48.5 Å². The number of benzene rings is 2. The lowest BCUT2D eigenvalue weighted by Crippen LogP contribution is -2.47. The molecule has 0 radical (unpaired) electrons. The van der Waals surface area contributed by atoms with Gasteiger partial charge in [-0.25, -0.2) is 8.78 Å². The van der Waals surface area contributed by atoms with Crippen LogP contribution in [0, 0.1) is 17.6 Å². The number of likely N-dealkylation sites (tertiary alicyclic amines) is 1. The molecule has 2 amide bonds. The number of carbonyl (C=O) groups excluding carboxylic acids is 2. The number of nitrogens with one attached hydrogen (secondary N) is 2. The van der Waals surface area contributed by atoms with E-state index in [4.69, 9.17) is 0 Å². The van der Waals surface area contributed by atoms with Crippen molar-refractivity contribution in [3.05, 3.63) is 71.3 Å². The number of nitrogens with zero attached hydrogens (tertiary/aromatic N) is 1. The van der Waals surface area contributed by atoms with Gasteiger partial charge in [0.05, 0.1) is 18.1 Å². The normalized spacial score (nSPS) is 22.7. The van der Waals surface area contributed by atoms with E-state index in [0.29, 0.717) is 13.0 Å². The van der Waals surface area contributed by atoms with Gasteiger partial charge in [0.2, 0.25) is 11.8 Å². The Morgan fingerprint density at radius 2 is 1.91 bits per heavy atom. The zero-order chi connectivity index (χ0) is 22.7. The fraction of sp³-hybridized carbons (Fsp3) is 0.417. The van der Waals surface area contributed by atoms with Crippen LogP contribution in [0.2, 0.25) is 0 Å². The second kappa shape index (κ2) is 9.75. The molecule has 3 N–H and O–H groups in total. The molecular weight excluding hydrogens is 416 g/mol. The summed E-state index contributed by atoms with van der Waals surface area (Å²) in [6, 6.07) is 11.2. The Balaban J connectivity index is 1.49. The number of aliphatic hydroxyl groups excluding tert-OH is 1. The first-order valence-electron chi connectivity index (χ1n) is 10.9. The second-order valence-electron chi connectivity index (χ2n) is 8.54. The molecule has 2 aliphatic heterocycles. The standard InChI is InChI=1S/C24H27F2N3O3/c25-18-9-16(10-19(26)12-18)22(23(31)20-7-4-8-27-20)28-24(32)17-11-21(30)29(14-17)13-15-5-2-1-3-6-15/h1-3,5-6,9-10,12,17,20,22-23,27,31H,4,7-8,11,13-14H2,(H,28,32)/t17-,20-,22?,23-/m1/s1. The minimum atomic E-state index is -1.07. The van der Waals surface area contributed by atoms with Crippen LogP contribution in [0.25, 0.3) is 0 Å². The number of hydrogen-bond acceptors (Lipinski definition) is 4. The topological polar surface area (TPSA) is 81.7 Å². The molecule has 1 unspecified atom stereocenters. The van der Waals surface area contributed by atoms with Crippen LogP contribution in [-0.4, -0.2) is 47.1 Å². The number of amides is 2. The quantitative estimate of drug-likeness (QED) is 0.613. The molecule has 4 rings (SSSR count). The van der Waals surface area contributed by atoms with Crippen molar-refractivity contribution in [3.63, 3.8) is 0 Å². The van der Waals surface area contributed by atoms with Gasteiger partial charge in [-0.2, -0.15) is 0 Å². The minimum absolute atomic E-state index is 0.0562. The SMILES string of the molecule is O=C(NC(c1cc(F)cc(F)c1)[C@H](O)[C@H]1CCCN1)[C@@H]1CC(=O)N(Cc2ccccc2)C1. The summed E-state index contributed by atoms with van der Waals surface area (Å²) in [6.07, 6.45) is 0.546. The molecular formula is C24H27F2N3O3. The molecule has 2 aromatic carbocycles. The first-order valence-corrected chi connectivity index (χ1v) is 10.9. The van der Waals surface area contributed by atoms with Crippen LogP contribution in [0.5, 0.6) is 0 Å². The predicted octanol–water partition coefficient (Wildman–Crippen LogP) is 2.28. The van der Waals surface area contributed by atoms with Crippen molar-refractivity contribution in [1.82, 2.24) is 15.5 Å². The summed E-state index contributed by atoms with van der Waals surface area (Å²) in [5, 5.41) is 16.9. The summed E-state index contributed by atoms with van der Waals surface area (Å²) >= 11 is 0. The van der Waals surface area contributed by atoms with E-state index in [1.165, 1.54) is 0 Å². The molecule has 6 nitrogen and oxygen atoms in total. The van der Waals surface area contributed by atoms with Crippen molar-refractivity contribution in [3.8, 4) is 0 Å². The van der Waals surface area contributed by atoms with E-state index in [1.807, 2.05) is 30.3 Å². The number of carbonyl (C=O) groups is 2. The molecule has 2 aliphatic rings. The lowest BCUT2D eigenvalue weighted by Gasteiger charge is -2.30. The van der Waals surface area contributed by atoms with Crippen molar-refractivity contribution in [2.75, 3.05) is 13.1 Å². The van der Waals surface area contributed by atoms with Gasteiger partial charge in [0, 0.05) is 31.6 Å². The summed E-state index contributed by atoms with van der Waals surface area (Å²) in [4.78, 5) is 27.2. The molecule has 0 aromatic heterocycles. The highest BCUT2D eigenvalue weighted by Gasteiger charge is 2.38. The average molecular weight is 443 g/mol. The molecule has 170 valence electrons. The first kappa shape index (κ1) is 22.4. The van der Waals surface area contributed by atoms with Gasteiger partial charge in [-0.3, -0.25) is 9.59 Å². The van der Waals surface area contributed by atoms with Crippen LogP contribution in [0.1, 0.15) is 36.4 Å². The Morgan fingerprint density at radius 1 is 1.19 bits per heavy atom. The summed E-state index contributed by atoms with van der Waals surface area (Å²) in [6.45, 7) is 1.39. The Labute approximate surface area is 185 Å². The molecule has 0 bridgehead atoms. The van der Waals surface area contributed by atoms with Crippen LogP contribution >= 0.6 is 0 Å². The highest BCUT2D eigenvalue weighted by molar-refractivity contribution is 5.89. The van der Waals surface area contributed by atoms with Gasteiger partial charge in [-0.1, -0.05) is 30.3 Å². The van der Waals surface area contributed by atoms with Gasteiger partial charge in [-0.15, -0.1) is 0 Å². The van der Waals surface area contributed by atoms with Crippen LogP contribution < -0.4 is 10.6 Å².